The average molecular weight is 402 g/mol. The highest BCUT2D eigenvalue weighted by atomic mass is 79.9. The quantitative estimate of drug-likeness (QED) is 0.618. The number of aryl methyl sites for hydroxylation is 2. The number of hydrogen-bond donors (Lipinski definition) is 1. The van der Waals surface area contributed by atoms with Gasteiger partial charge in [-0.3, -0.25) is 14.2 Å². The molecule has 0 saturated carbocycles. The molecule has 0 bridgehead atoms. The number of halogens is 1. The smallest absolute Gasteiger partial charge is 0.251 e. The molecule has 0 aliphatic rings. The molecule has 0 aliphatic carbocycles. The lowest BCUT2D eigenvalue weighted by molar-refractivity contribution is 0.0952. The fourth-order valence-corrected chi connectivity index (χ4v) is 2.86. The SMILES string of the molecule is Cc1nn(CCCNC(=O)c2cccc(Cn3cccn3)c2)cc1Br. The second-order valence-electron chi connectivity index (χ2n) is 5.84. The molecule has 0 spiro atoms. The van der Waals surface area contributed by atoms with Gasteiger partial charge in [0.1, 0.15) is 0 Å². The van der Waals surface area contributed by atoms with Crippen LogP contribution in [0.3, 0.4) is 0 Å². The van der Waals surface area contributed by atoms with Gasteiger partial charge in [-0.05, 0) is 53.0 Å². The van der Waals surface area contributed by atoms with E-state index < -0.39 is 0 Å². The standard InChI is InChI=1S/C18H20BrN5O/c1-14-17(19)13-24(22-14)10-3-7-20-18(25)16-6-2-5-15(11-16)12-23-9-4-8-21-23/h2,4-6,8-9,11,13H,3,7,10,12H2,1H3,(H,20,25). The summed E-state index contributed by atoms with van der Waals surface area (Å²) in [7, 11) is 0. The van der Waals surface area contributed by atoms with Gasteiger partial charge >= 0.3 is 0 Å². The third kappa shape index (κ3) is 4.79. The van der Waals surface area contributed by atoms with Gasteiger partial charge in [-0.25, -0.2) is 0 Å². The Hall–Kier alpha value is -2.41. The second-order valence-corrected chi connectivity index (χ2v) is 6.69. The lowest BCUT2D eigenvalue weighted by Crippen LogP contribution is -2.25. The summed E-state index contributed by atoms with van der Waals surface area (Å²) < 4.78 is 4.72. The molecule has 1 aromatic carbocycles. The Labute approximate surface area is 155 Å². The van der Waals surface area contributed by atoms with Crippen LogP contribution in [0.2, 0.25) is 0 Å². The normalized spacial score (nSPS) is 10.8. The summed E-state index contributed by atoms with van der Waals surface area (Å²) in [5, 5.41) is 11.5. The number of hydrogen-bond acceptors (Lipinski definition) is 3. The first-order valence-corrected chi connectivity index (χ1v) is 8.95. The van der Waals surface area contributed by atoms with Gasteiger partial charge in [0.15, 0.2) is 0 Å². The van der Waals surface area contributed by atoms with Crippen LogP contribution in [-0.2, 0) is 13.1 Å². The van der Waals surface area contributed by atoms with Crippen LogP contribution in [0.1, 0.15) is 28.0 Å². The lowest BCUT2D eigenvalue weighted by Gasteiger charge is -2.08. The molecule has 0 saturated heterocycles. The molecule has 3 aromatic rings. The number of nitrogens with one attached hydrogen (secondary N) is 1. The van der Waals surface area contributed by atoms with Gasteiger partial charge in [0, 0.05) is 37.2 Å². The monoisotopic (exact) mass is 401 g/mol. The van der Waals surface area contributed by atoms with Gasteiger partial charge < -0.3 is 5.32 Å². The fourth-order valence-electron chi connectivity index (χ4n) is 2.55. The van der Waals surface area contributed by atoms with E-state index in [1.807, 2.05) is 59.0 Å². The summed E-state index contributed by atoms with van der Waals surface area (Å²) in [6.07, 6.45) is 6.43. The molecular formula is C18H20BrN5O. The largest absolute Gasteiger partial charge is 0.352 e. The third-order valence-electron chi connectivity index (χ3n) is 3.83. The van der Waals surface area contributed by atoms with Crippen LogP contribution >= 0.6 is 15.9 Å². The Balaban J connectivity index is 1.49. The fraction of sp³-hybridized carbons (Fsp3) is 0.278. The number of carbonyl (C=O) groups is 1. The minimum atomic E-state index is -0.0554. The maximum absolute atomic E-state index is 12.3. The van der Waals surface area contributed by atoms with E-state index in [9.17, 15) is 4.79 Å². The third-order valence-corrected chi connectivity index (χ3v) is 4.61. The van der Waals surface area contributed by atoms with Crippen molar-refractivity contribution in [1.29, 1.82) is 0 Å². The zero-order chi connectivity index (χ0) is 17.6. The predicted molar refractivity (Wildman–Crippen MR) is 99.4 cm³/mol. The van der Waals surface area contributed by atoms with E-state index in [-0.39, 0.29) is 5.91 Å². The second kappa shape index (κ2) is 8.11. The average Bonchev–Trinajstić information content (AvgIpc) is 3.22. The maximum atomic E-state index is 12.3. The van der Waals surface area contributed by atoms with Crippen LogP contribution in [0.4, 0.5) is 0 Å². The molecule has 1 N–H and O–H groups in total. The number of benzene rings is 1. The summed E-state index contributed by atoms with van der Waals surface area (Å²) in [6.45, 7) is 3.99. The minimum Gasteiger partial charge on any atom is -0.352 e. The van der Waals surface area contributed by atoms with Crippen LogP contribution in [0.5, 0.6) is 0 Å². The van der Waals surface area contributed by atoms with E-state index in [0.29, 0.717) is 18.7 Å². The molecule has 3 rings (SSSR count). The first-order valence-electron chi connectivity index (χ1n) is 8.16. The zero-order valence-electron chi connectivity index (χ0n) is 14.0. The Morgan fingerprint density at radius 1 is 1.28 bits per heavy atom. The molecule has 130 valence electrons. The zero-order valence-corrected chi connectivity index (χ0v) is 15.6. The van der Waals surface area contributed by atoms with E-state index in [2.05, 4.69) is 31.4 Å². The molecule has 1 amide bonds. The molecule has 6 nitrogen and oxygen atoms in total. The summed E-state index contributed by atoms with van der Waals surface area (Å²) in [5.74, 6) is -0.0554. The van der Waals surface area contributed by atoms with Gasteiger partial charge in [-0.1, -0.05) is 12.1 Å². The van der Waals surface area contributed by atoms with E-state index in [1.54, 1.807) is 6.20 Å². The van der Waals surface area contributed by atoms with Crippen molar-refractivity contribution in [2.75, 3.05) is 6.54 Å². The van der Waals surface area contributed by atoms with E-state index in [1.165, 1.54) is 0 Å². The van der Waals surface area contributed by atoms with Crippen LogP contribution in [0, 0.1) is 6.92 Å². The van der Waals surface area contributed by atoms with Crippen molar-refractivity contribution in [3.05, 3.63) is 70.2 Å². The Bertz CT molecular complexity index is 822. The van der Waals surface area contributed by atoms with Gasteiger partial charge in [-0.2, -0.15) is 10.2 Å². The highest BCUT2D eigenvalue weighted by Gasteiger charge is 2.07. The van der Waals surface area contributed by atoms with Crippen LogP contribution in [0.15, 0.2) is 53.4 Å². The summed E-state index contributed by atoms with van der Waals surface area (Å²) in [5.41, 5.74) is 2.69. The van der Waals surface area contributed by atoms with E-state index in [4.69, 9.17) is 0 Å². The van der Waals surface area contributed by atoms with E-state index >= 15 is 0 Å². The molecule has 0 atom stereocenters. The first-order chi connectivity index (χ1) is 12.1. The Kier molecular flexibility index (Phi) is 5.65. The molecule has 0 unspecified atom stereocenters. The van der Waals surface area contributed by atoms with E-state index in [0.717, 1.165) is 28.7 Å². The minimum absolute atomic E-state index is 0.0554. The van der Waals surface area contributed by atoms with Gasteiger partial charge in [0.2, 0.25) is 0 Å². The first kappa shape index (κ1) is 17.4. The highest BCUT2D eigenvalue weighted by Crippen LogP contribution is 2.13. The highest BCUT2D eigenvalue weighted by molar-refractivity contribution is 9.10. The summed E-state index contributed by atoms with van der Waals surface area (Å²) in [6, 6.07) is 9.52. The molecule has 2 heterocycles. The van der Waals surface area contributed by atoms with Crippen LogP contribution in [-0.4, -0.2) is 32.0 Å². The van der Waals surface area contributed by atoms with Crippen molar-refractivity contribution in [2.45, 2.75) is 26.4 Å². The van der Waals surface area contributed by atoms with Gasteiger partial charge in [-0.15, -0.1) is 0 Å². The Morgan fingerprint density at radius 3 is 2.88 bits per heavy atom. The van der Waals surface area contributed by atoms with Gasteiger partial charge in [0.05, 0.1) is 16.7 Å². The van der Waals surface area contributed by atoms with Crippen molar-refractivity contribution < 1.29 is 4.79 Å². The van der Waals surface area contributed by atoms with Crippen molar-refractivity contribution in [3.63, 3.8) is 0 Å². The molecule has 2 aromatic heterocycles. The number of carbonyl (C=O) groups excluding carboxylic acids is 1. The van der Waals surface area contributed by atoms with Gasteiger partial charge in [0.25, 0.3) is 5.91 Å². The molecule has 0 aliphatic heterocycles. The predicted octanol–water partition coefficient (Wildman–Crippen LogP) is 3.02. The maximum Gasteiger partial charge on any atom is 0.251 e. The van der Waals surface area contributed by atoms with Crippen molar-refractivity contribution in [3.8, 4) is 0 Å². The lowest BCUT2D eigenvalue weighted by atomic mass is 10.1. The van der Waals surface area contributed by atoms with Crippen molar-refractivity contribution in [1.82, 2.24) is 24.9 Å². The molecule has 0 fully saturated rings. The molecule has 25 heavy (non-hydrogen) atoms. The number of rotatable bonds is 7. The van der Waals surface area contributed by atoms with Crippen molar-refractivity contribution in [2.24, 2.45) is 0 Å². The Morgan fingerprint density at radius 2 is 2.16 bits per heavy atom. The molecule has 7 heteroatoms. The molecular weight excluding hydrogens is 382 g/mol. The number of nitrogens with zero attached hydrogens (tertiary/aromatic N) is 4. The topological polar surface area (TPSA) is 64.7 Å². The van der Waals surface area contributed by atoms with Crippen LogP contribution < -0.4 is 5.32 Å². The van der Waals surface area contributed by atoms with Crippen molar-refractivity contribution >= 4 is 21.8 Å². The summed E-state index contributed by atoms with van der Waals surface area (Å²) >= 11 is 3.45. The summed E-state index contributed by atoms with van der Waals surface area (Å²) in [4.78, 5) is 12.3. The number of amides is 1. The van der Waals surface area contributed by atoms with Crippen LogP contribution in [0.25, 0.3) is 0 Å². The number of aromatic nitrogens is 4. The molecule has 0 radical (unpaired) electrons.